The predicted molar refractivity (Wildman–Crippen MR) is 102 cm³/mol. The van der Waals surface area contributed by atoms with Crippen molar-refractivity contribution in [3.05, 3.63) is 70.5 Å². The van der Waals surface area contributed by atoms with Crippen LogP contribution in [0.1, 0.15) is 24.4 Å². The number of carbonyl (C=O) groups is 1. The van der Waals surface area contributed by atoms with E-state index < -0.39 is 0 Å². The third-order valence-corrected chi connectivity index (χ3v) is 7.32. The second kappa shape index (κ2) is 7.52. The van der Waals surface area contributed by atoms with Gasteiger partial charge in [0, 0.05) is 0 Å². The van der Waals surface area contributed by atoms with E-state index >= 15 is 0 Å². The zero-order valence-electron chi connectivity index (χ0n) is 14.3. The van der Waals surface area contributed by atoms with Crippen molar-refractivity contribution in [1.29, 1.82) is 0 Å². The third-order valence-electron chi connectivity index (χ3n) is 4.77. The van der Waals surface area contributed by atoms with E-state index in [-0.39, 0.29) is 32.4 Å². The topological polar surface area (TPSA) is 51.5 Å². The Balaban J connectivity index is 1.37. The molecular formula is C20H20N2O3Se. The number of rotatable bonds is 3. The number of ether oxygens (including phenoxy) is 1. The van der Waals surface area contributed by atoms with Crippen LogP contribution in [0, 0.1) is 0 Å². The number of amides is 1. The number of fused-ring (bicyclic) bond motifs is 1. The summed E-state index contributed by atoms with van der Waals surface area (Å²) in [6.45, 7) is 1.56. The van der Waals surface area contributed by atoms with Crippen molar-refractivity contribution in [2.45, 2.75) is 25.5 Å². The Morgan fingerprint density at radius 1 is 1.04 bits per heavy atom. The summed E-state index contributed by atoms with van der Waals surface area (Å²) in [5, 5.41) is 0.845. The van der Waals surface area contributed by atoms with Gasteiger partial charge in [-0.05, 0) is 0 Å². The Morgan fingerprint density at radius 2 is 1.73 bits per heavy atom. The molecule has 2 heterocycles. The number of benzene rings is 2. The van der Waals surface area contributed by atoms with Crippen LogP contribution in [0.25, 0.3) is 9.65 Å². The molecule has 134 valence electrons. The summed E-state index contributed by atoms with van der Waals surface area (Å²) in [5.41, 5.74) is 1.13. The fourth-order valence-electron chi connectivity index (χ4n) is 3.32. The molecule has 2 aromatic carbocycles. The zero-order chi connectivity index (χ0) is 17.9. The van der Waals surface area contributed by atoms with Gasteiger partial charge in [0.1, 0.15) is 0 Å². The van der Waals surface area contributed by atoms with Gasteiger partial charge in [0.05, 0.1) is 0 Å². The van der Waals surface area contributed by atoms with E-state index in [1.54, 1.807) is 4.90 Å². The Morgan fingerprint density at radius 3 is 2.46 bits per heavy atom. The molecule has 0 atom stereocenters. The second-order valence-corrected chi connectivity index (χ2v) is 8.61. The number of likely N-dealkylation sites (tertiary alicyclic amines) is 1. The molecule has 5 nitrogen and oxygen atoms in total. The molecule has 0 saturated carbocycles. The molecule has 6 heteroatoms. The van der Waals surface area contributed by atoms with E-state index in [4.69, 9.17) is 4.74 Å². The van der Waals surface area contributed by atoms with Crippen molar-refractivity contribution in [3.63, 3.8) is 0 Å². The summed E-state index contributed by atoms with van der Waals surface area (Å²) < 4.78 is 8.59. The van der Waals surface area contributed by atoms with Crippen molar-refractivity contribution in [2.75, 3.05) is 13.1 Å². The van der Waals surface area contributed by atoms with Crippen LogP contribution in [0.15, 0.2) is 59.4 Å². The van der Waals surface area contributed by atoms with Gasteiger partial charge in [-0.1, -0.05) is 0 Å². The Kier molecular flexibility index (Phi) is 4.95. The molecule has 1 aliphatic rings. The molecule has 1 aromatic heterocycles. The van der Waals surface area contributed by atoms with Crippen LogP contribution in [0.3, 0.4) is 0 Å². The van der Waals surface area contributed by atoms with E-state index in [0.717, 1.165) is 28.1 Å². The van der Waals surface area contributed by atoms with E-state index in [0.29, 0.717) is 19.7 Å². The SMILES string of the molecule is O=C(OCc1ccccc1)N1CCC(n2[se]c3ccccc3c2=O)CC1. The first-order valence-corrected chi connectivity index (χ1v) is 10.4. The first kappa shape index (κ1) is 17.1. The average Bonchev–Trinajstić information content (AvgIpc) is 3.04. The Bertz CT molecular complexity index is 956. The van der Waals surface area contributed by atoms with Gasteiger partial charge >= 0.3 is 158 Å². The molecular weight excluding hydrogens is 395 g/mol. The molecule has 26 heavy (non-hydrogen) atoms. The van der Waals surface area contributed by atoms with Gasteiger partial charge in [-0.25, -0.2) is 0 Å². The molecule has 0 N–H and O–H groups in total. The summed E-state index contributed by atoms with van der Waals surface area (Å²) in [6.07, 6.45) is 1.35. The van der Waals surface area contributed by atoms with Crippen molar-refractivity contribution in [3.8, 4) is 0 Å². The van der Waals surface area contributed by atoms with Crippen LogP contribution >= 0.6 is 0 Å². The number of hydrogen-bond donors (Lipinski definition) is 0. The molecule has 1 amide bonds. The monoisotopic (exact) mass is 416 g/mol. The van der Waals surface area contributed by atoms with Crippen molar-refractivity contribution in [1.82, 2.24) is 8.46 Å². The van der Waals surface area contributed by atoms with Crippen LogP contribution < -0.4 is 5.56 Å². The van der Waals surface area contributed by atoms with E-state index in [2.05, 4.69) is 0 Å². The molecule has 0 radical (unpaired) electrons. The minimum atomic E-state index is -0.270. The second-order valence-electron chi connectivity index (χ2n) is 6.48. The molecule has 3 aromatic rings. The molecule has 0 bridgehead atoms. The van der Waals surface area contributed by atoms with E-state index in [1.165, 1.54) is 0 Å². The number of hydrogen-bond acceptors (Lipinski definition) is 3. The third kappa shape index (κ3) is 3.48. The zero-order valence-corrected chi connectivity index (χ0v) is 16.0. The summed E-state index contributed by atoms with van der Waals surface area (Å²) in [6, 6.07) is 17.8. The Labute approximate surface area is 157 Å². The van der Waals surface area contributed by atoms with Gasteiger partial charge in [0.15, 0.2) is 0 Å². The van der Waals surface area contributed by atoms with Gasteiger partial charge in [-0.3, -0.25) is 0 Å². The maximum atomic E-state index is 12.6. The van der Waals surface area contributed by atoms with Crippen LogP contribution in [0.5, 0.6) is 0 Å². The van der Waals surface area contributed by atoms with Gasteiger partial charge < -0.3 is 0 Å². The predicted octanol–water partition coefficient (Wildman–Crippen LogP) is 3.03. The molecule has 0 spiro atoms. The van der Waals surface area contributed by atoms with Crippen molar-refractivity contribution < 1.29 is 9.53 Å². The maximum absolute atomic E-state index is 12.6. The number of piperidine rings is 1. The number of carbonyl (C=O) groups excluding carboxylic acids is 1. The minimum absolute atomic E-state index is 0.0499. The van der Waals surface area contributed by atoms with Gasteiger partial charge in [0.2, 0.25) is 0 Å². The van der Waals surface area contributed by atoms with Crippen LogP contribution in [0.4, 0.5) is 4.79 Å². The molecule has 1 fully saturated rings. The van der Waals surface area contributed by atoms with E-state index in [1.807, 2.05) is 58.2 Å². The summed E-state index contributed by atoms with van der Waals surface area (Å²) in [7, 11) is 0. The fourth-order valence-corrected chi connectivity index (χ4v) is 5.73. The molecule has 1 saturated heterocycles. The summed E-state index contributed by atoms with van der Waals surface area (Å²) in [4.78, 5) is 26.6. The quantitative estimate of drug-likeness (QED) is 0.618. The van der Waals surface area contributed by atoms with Crippen LogP contribution in [-0.2, 0) is 11.3 Å². The van der Waals surface area contributed by atoms with E-state index in [9.17, 15) is 9.59 Å². The number of nitrogens with zero attached hydrogens (tertiary/aromatic N) is 2. The number of aromatic nitrogens is 1. The molecule has 4 rings (SSSR count). The van der Waals surface area contributed by atoms with Gasteiger partial charge in [-0.15, -0.1) is 0 Å². The standard InChI is InChI=1S/C20H20N2O3Se/c23-19-17-8-4-5-9-18(17)26-22(19)16-10-12-21(13-11-16)20(24)25-14-15-6-2-1-3-7-15/h1-9,16H,10-14H2. The Hall–Kier alpha value is -2.30. The first-order valence-electron chi connectivity index (χ1n) is 8.78. The first-order chi connectivity index (χ1) is 12.7. The summed E-state index contributed by atoms with van der Waals surface area (Å²) >= 11 is 0.0499. The molecule has 1 aliphatic heterocycles. The van der Waals surface area contributed by atoms with Crippen LogP contribution in [0.2, 0.25) is 0 Å². The van der Waals surface area contributed by atoms with Gasteiger partial charge in [0.25, 0.3) is 0 Å². The molecule has 0 aliphatic carbocycles. The summed E-state index contributed by atoms with van der Waals surface area (Å²) in [5.74, 6) is 0. The fraction of sp³-hybridized carbons (Fsp3) is 0.300. The molecule has 0 unspecified atom stereocenters. The van der Waals surface area contributed by atoms with Crippen molar-refractivity contribution >= 4 is 30.5 Å². The van der Waals surface area contributed by atoms with Gasteiger partial charge in [-0.2, -0.15) is 0 Å². The average molecular weight is 415 g/mol. The van der Waals surface area contributed by atoms with Crippen molar-refractivity contribution in [2.24, 2.45) is 0 Å². The normalized spacial score (nSPS) is 15.3. The van der Waals surface area contributed by atoms with Crippen LogP contribution in [-0.4, -0.2) is 42.4 Å².